The summed E-state index contributed by atoms with van der Waals surface area (Å²) in [5.74, 6) is -1.24. The number of carbonyl (C=O) groups is 2. The van der Waals surface area contributed by atoms with Crippen molar-refractivity contribution in [1.29, 1.82) is 0 Å². The number of rotatable bonds is 6. The molecule has 0 fully saturated rings. The summed E-state index contributed by atoms with van der Waals surface area (Å²) in [6.07, 6.45) is 0. The maximum absolute atomic E-state index is 14.1. The van der Waals surface area contributed by atoms with Crippen LogP contribution in [0, 0.1) is 0 Å². The molecule has 3 rings (SSSR count). The fourth-order valence-corrected chi connectivity index (χ4v) is 5.13. The zero-order valence-corrected chi connectivity index (χ0v) is 16.9. The van der Waals surface area contributed by atoms with Crippen molar-refractivity contribution < 1.29 is 23.6 Å². The second-order valence-corrected chi connectivity index (χ2v) is 8.65. The molecule has 148 valence electrons. The van der Waals surface area contributed by atoms with Crippen molar-refractivity contribution in [2.75, 3.05) is 19.3 Å². The van der Waals surface area contributed by atoms with Gasteiger partial charge in [-0.2, -0.15) is 0 Å². The third kappa shape index (κ3) is 4.39. The van der Waals surface area contributed by atoms with Crippen LogP contribution in [0.25, 0.3) is 0 Å². The van der Waals surface area contributed by atoms with Gasteiger partial charge in [-0.05, 0) is 42.5 Å². The summed E-state index contributed by atoms with van der Waals surface area (Å²) >= 11 is 0. The number of ether oxygens (including phenoxy) is 2. The van der Waals surface area contributed by atoms with E-state index in [2.05, 4.69) is 5.09 Å². The van der Waals surface area contributed by atoms with Crippen LogP contribution in [0.2, 0.25) is 0 Å². The highest BCUT2D eigenvalue weighted by Gasteiger charge is 2.28. The third-order valence-corrected chi connectivity index (χ3v) is 6.93. The molecule has 0 bridgehead atoms. The molecule has 0 saturated heterocycles. The van der Waals surface area contributed by atoms with E-state index in [4.69, 9.17) is 9.47 Å². The Labute approximate surface area is 168 Å². The molecule has 0 aliphatic heterocycles. The van der Waals surface area contributed by atoms with Crippen molar-refractivity contribution >= 4 is 35.5 Å². The second kappa shape index (κ2) is 8.76. The molecule has 0 aliphatic rings. The lowest BCUT2D eigenvalue weighted by Gasteiger charge is -2.22. The summed E-state index contributed by atoms with van der Waals surface area (Å²) < 4.78 is 23.7. The molecule has 0 atom stereocenters. The quantitative estimate of drug-likeness (QED) is 0.495. The van der Waals surface area contributed by atoms with E-state index in [0.29, 0.717) is 16.3 Å². The molecule has 6 nitrogen and oxygen atoms in total. The zero-order chi connectivity index (χ0) is 20.9. The number of nitrogens with one attached hydrogen (secondary N) is 1. The van der Waals surface area contributed by atoms with Gasteiger partial charge in [-0.25, -0.2) is 9.59 Å². The summed E-state index contributed by atoms with van der Waals surface area (Å²) in [6.45, 7) is 0. The minimum atomic E-state index is -3.32. The highest BCUT2D eigenvalue weighted by Crippen LogP contribution is 2.43. The third-order valence-electron chi connectivity index (χ3n) is 4.30. The summed E-state index contributed by atoms with van der Waals surface area (Å²) in [7, 11) is -0.819. The van der Waals surface area contributed by atoms with Crippen molar-refractivity contribution in [3.63, 3.8) is 0 Å². The summed E-state index contributed by atoms with van der Waals surface area (Å²) in [5, 5.41) is 4.25. The topological polar surface area (TPSA) is 81.7 Å². The minimum Gasteiger partial charge on any atom is -0.465 e. The van der Waals surface area contributed by atoms with Gasteiger partial charge in [-0.3, -0.25) is 4.57 Å². The van der Waals surface area contributed by atoms with E-state index in [1.54, 1.807) is 48.5 Å². The Morgan fingerprint density at radius 3 is 1.52 bits per heavy atom. The molecule has 0 saturated carbocycles. The largest absolute Gasteiger partial charge is 0.465 e. The fraction of sp³-hybridized carbons (Fsp3) is 0.0909. The van der Waals surface area contributed by atoms with Crippen LogP contribution in [-0.4, -0.2) is 26.2 Å². The number of carbonyl (C=O) groups excluding carboxylic acids is 2. The van der Waals surface area contributed by atoms with Crippen molar-refractivity contribution in [1.82, 2.24) is 0 Å². The fourth-order valence-electron chi connectivity index (χ4n) is 2.90. The molecule has 1 N–H and O–H groups in total. The first-order valence-electron chi connectivity index (χ1n) is 8.79. The van der Waals surface area contributed by atoms with Gasteiger partial charge in [-0.15, -0.1) is 0 Å². The van der Waals surface area contributed by atoms with Gasteiger partial charge in [0.1, 0.15) is 0 Å². The molecule has 0 unspecified atom stereocenters. The monoisotopic (exact) mass is 409 g/mol. The first-order chi connectivity index (χ1) is 14.0. The van der Waals surface area contributed by atoms with Gasteiger partial charge >= 0.3 is 11.9 Å². The number of methoxy groups -OCH3 is 2. The standard InChI is InChI=1S/C22H20NO5P/c1-27-21(24)16-13-17(22(25)28-2)15-18(14-16)23-29(26,19-9-5-3-6-10-19)20-11-7-4-8-12-20/h3-15H,1-2H3,(H,23,26). The minimum absolute atomic E-state index is 0.144. The summed E-state index contributed by atoms with van der Waals surface area (Å²) in [6, 6.07) is 22.3. The van der Waals surface area contributed by atoms with Crippen molar-refractivity contribution in [2.45, 2.75) is 0 Å². The van der Waals surface area contributed by atoms with Gasteiger partial charge < -0.3 is 14.6 Å². The molecular formula is C22H20NO5P. The van der Waals surface area contributed by atoms with Gasteiger partial charge in [0, 0.05) is 16.3 Å². The maximum atomic E-state index is 14.1. The average molecular weight is 409 g/mol. The van der Waals surface area contributed by atoms with Crippen LogP contribution in [0.1, 0.15) is 20.7 Å². The lowest BCUT2D eigenvalue weighted by Crippen LogP contribution is -2.22. The molecule has 0 aromatic heterocycles. The van der Waals surface area contributed by atoms with E-state index >= 15 is 0 Å². The van der Waals surface area contributed by atoms with Crippen LogP contribution in [-0.2, 0) is 14.0 Å². The van der Waals surface area contributed by atoms with E-state index in [1.807, 2.05) is 12.1 Å². The molecule has 3 aromatic rings. The predicted molar refractivity (Wildman–Crippen MR) is 113 cm³/mol. The zero-order valence-electron chi connectivity index (χ0n) is 16.0. The summed E-state index contributed by atoms with van der Waals surface area (Å²) in [5.41, 5.74) is 0.625. The van der Waals surface area contributed by atoms with Gasteiger partial charge in [0.25, 0.3) is 0 Å². The Morgan fingerprint density at radius 2 is 1.14 bits per heavy atom. The van der Waals surface area contributed by atoms with E-state index in [0.717, 1.165) is 0 Å². The van der Waals surface area contributed by atoms with E-state index in [1.165, 1.54) is 32.4 Å². The first kappa shape index (κ1) is 20.4. The Morgan fingerprint density at radius 1 is 0.724 bits per heavy atom. The molecule has 0 spiro atoms. The van der Waals surface area contributed by atoms with Gasteiger partial charge in [0.05, 0.1) is 25.3 Å². The van der Waals surface area contributed by atoms with Crippen LogP contribution < -0.4 is 15.7 Å². The number of hydrogen-bond acceptors (Lipinski definition) is 5. The van der Waals surface area contributed by atoms with Gasteiger partial charge in [-0.1, -0.05) is 36.4 Å². The van der Waals surface area contributed by atoms with Crippen LogP contribution in [0.15, 0.2) is 78.9 Å². The van der Waals surface area contributed by atoms with Crippen LogP contribution in [0.5, 0.6) is 0 Å². The lowest BCUT2D eigenvalue weighted by atomic mass is 10.1. The lowest BCUT2D eigenvalue weighted by molar-refractivity contribution is 0.0599. The number of esters is 2. The van der Waals surface area contributed by atoms with Crippen LogP contribution in [0.3, 0.4) is 0 Å². The molecular weight excluding hydrogens is 389 g/mol. The Bertz CT molecular complexity index is 989. The maximum Gasteiger partial charge on any atom is 0.337 e. The van der Waals surface area contributed by atoms with Gasteiger partial charge in [0.2, 0.25) is 7.29 Å². The van der Waals surface area contributed by atoms with E-state index in [-0.39, 0.29) is 11.1 Å². The molecule has 29 heavy (non-hydrogen) atoms. The molecule has 0 radical (unpaired) electrons. The predicted octanol–water partition coefficient (Wildman–Crippen LogP) is 3.60. The van der Waals surface area contributed by atoms with E-state index < -0.39 is 19.2 Å². The van der Waals surface area contributed by atoms with Crippen molar-refractivity contribution in [2.24, 2.45) is 0 Å². The van der Waals surface area contributed by atoms with Crippen molar-refractivity contribution in [3.8, 4) is 0 Å². The Kier molecular flexibility index (Phi) is 6.15. The SMILES string of the molecule is COC(=O)c1cc(NP(=O)(c2ccccc2)c2ccccc2)cc(C(=O)OC)c1. The normalized spacial score (nSPS) is 10.8. The average Bonchev–Trinajstić information content (AvgIpc) is 2.78. The molecule has 3 aromatic carbocycles. The highest BCUT2D eigenvalue weighted by molar-refractivity contribution is 7.80. The van der Waals surface area contributed by atoms with Crippen molar-refractivity contribution in [3.05, 3.63) is 90.0 Å². The Hall–Kier alpha value is -3.37. The summed E-state index contributed by atoms with van der Waals surface area (Å²) in [4.78, 5) is 24.1. The molecule has 7 heteroatoms. The number of hydrogen-bond donors (Lipinski definition) is 1. The Balaban J connectivity index is 2.14. The molecule has 0 heterocycles. The number of anilines is 1. The highest BCUT2D eigenvalue weighted by atomic mass is 31.2. The number of benzene rings is 3. The first-order valence-corrected chi connectivity index (χ1v) is 10.5. The molecule has 0 aliphatic carbocycles. The van der Waals surface area contributed by atoms with Crippen LogP contribution in [0.4, 0.5) is 5.69 Å². The smallest absolute Gasteiger partial charge is 0.337 e. The molecule has 0 amide bonds. The van der Waals surface area contributed by atoms with Crippen LogP contribution >= 0.6 is 7.29 Å². The second-order valence-electron chi connectivity index (χ2n) is 6.17. The van der Waals surface area contributed by atoms with E-state index in [9.17, 15) is 14.2 Å². The van der Waals surface area contributed by atoms with Gasteiger partial charge in [0.15, 0.2) is 0 Å².